The van der Waals surface area contributed by atoms with Crippen LogP contribution in [0.1, 0.15) is 58.6 Å². The maximum absolute atomic E-state index is 12.5. The van der Waals surface area contributed by atoms with Crippen LogP contribution in [0.4, 0.5) is 4.79 Å². The predicted octanol–water partition coefficient (Wildman–Crippen LogP) is 4.09. The van der Waals surface area contributed by atoms with E-state index in [4.69, 9.17) is 4.74 Å². The van der Waals surface area contributed by atoms with Crippen LogP contribution in [0.2, 0.25) is 0 Å². The Kier molecular flexibility index (Phi) is 6.80. The molecule has 0 bridgehead atoms. The molecular formula is C23H32N4O3. The minimum atomic E-state index is -0.485. The lowest BCUT2D eigenvalue weighted by molar-refractivity contribution is -0.123. The molecule has 7 nitrogen and oxygen atoms in total. The summed E-state index contributed by atoms with van der Waals surface area (Å²) in [6.45, 7) is 8.88. The maximum Gasteiger partial charge on any atom is 0.410 e. The van der Waals surface area contributed by atoms with Crippen molar-refractivity contribution in [3.63, 3.8) is 0 Å². The molecule has 1 atom stereocenters. The van der Waals surface area contributed by atoms with Crippen molar-refractivity contribution >= 4 is 12.0 Å². The van der Waals surface area contributed by atoms with Crippen LogP contribution in [0.15, 0.2) is 43.0 Å². The summed E-state index contributed by atoms with van der Waals surface area (Å²) in [5.41, 5.74) is 1.61. The predicted molar refractivity (Wildman–Crippen MR) is 115 cm³/mol. The monoisotopic (exact) mass is 412 g/mol. The van der Waals surface area contributed by atoms with Gasteiger partial charge >= 0.3 is 6.09 Å². The molecule has 1 aromatic heterocycles. The number of nitrogens with one attached hydrogen (secondary N) is 1. The average molecular weight is 413 g/mol. The topological polar surface area (TPSA) is 76.5 Å². The van der Waals surface area contributed by atoms with Crippen LogP contribution in [0.3, 0.4) is 0 Å². The lowest BCUT2D eigenvalue weighted by Crippen LogP contribution is -2.42. The highest BCUT2D eigenvalue weighted by Crippen LogP contribution is 2.23. The van der Waals surface area contributed by atoms with Gasteiger partial charge in [-0.05, 0) is 64.2 Å². The maximum atomic E-state index is 12.5. The Morgan fingerprint density at radius 2 is 1.87 bits per heavy atom. The normalized spacial score (nSPS) is 16.2. The van der Waals surface area contributed by atoms with Gasteiger partial charge in [0.1, 0.15) is 5.60 Å². The van der Waals surface area contributed by atoms with E-state index in [2.05, 4.69) is 10.3 Å². The van der Waals surface area contributed by atoms with Crippen LogP contribution in [-0.4, -0.2) is 45.1 Å². The first-order valence-corrected chi connectivity index (χ1v) is 10.6. The molecule has 3 rings (SSSR count). The number of aromatic nitrogens is 2. The van der Waals surface area contributed by atoms with Gasteiger partial charge in [-0.25, -0.2) is 9.78 Å². The summed E-state index contributed by atoms with van der Waals surface area (Å²) < 4.78 is 7.37. The van der Waals surface area contributed by atoms with Gasteiger partial charge in [0.25, 0.3) is 0 Å². The lowest BCUT2D eigenvalue weighted by atomic mass is 9.93. The first kappa shape index (κ1) is 21.9. The van der Waals surface area contributed by atoms with E-state index in [1.165, 1.54) is 0 Å². The van der Waals surface area contributed by atoms with Crippen molar-refractivity contribution in [3.05, 3.63) is 48.5 Å². The smallest absolute Gasteiger partial charge is 0.410 e. The van der Waals surface area contributed by atoms with Crippen molar-refractivity contribution in [2.75, 3.05) is 13.1 Å². The van der Waals surface area contributed by atoms with E-state index in [9.17, 15) is 9.59 Å². The third-order valence-electron chi connectivity index (χ3n) is 5.31. The van der Waals surface area contributed by atoms with E-state index in [0.29, 0.717) is 25.4 Å². The molecule has 1 N–H and O–H groups in total. The highest BCUT2D eigenvalue weighted by Gasteiger charge is 2.28. The van der Waals surface area contributed by atoms with Crippen LogP contribution < -0.4 is 5.32 Å². The summed E-state index contributed by atoms with van der Waals surface area (Å²) in [5, 5.41) is 3.10. The highest BCUT2D eigenvalue weighted by molar-refractivity contribution is 5.76. The number of carbonyl (C=O) groups excluding carboxylic acids is 2. The Bertz CT molecular complexity index is 832. The van der Waals surface area contributed by atoms with Gasteiger partial charge in [-0.15, -0.1) is 0 Å². The molecular weight excluding hydrogens is 380 g/mol. The number of benzene rings is 1. The van der Waals surface area contributed by atoms with Crippen LogP contribution in [0, 0.1) is 5.92 Å². The van der Waals surface area contributed by atoms with Gasteiger partial charge in [0.15, 0.2) is 0 Å². The zero-order chi connectivity index (χ0) is 21.7. The number of likely N-dealkylation sites (tertiary alicyclic amines) is 1. The standard InChI is InChI=1S/C23H32N4O3/c1-17(19-5-7-20(8-6-19)27-14-11-24-16-27)25-21(28)15-18-9-12-26(13-10-18)22(29)30-23(2,3)4/h5-8,11,14,16-18H,9-10,12-13,15H2,1-4H3,(H,25,28). The average Bonchev–Trinajstić information content (AvgIpc) is 3.22. The molecule has 0 aliphatic carbocycles. The molecule has 0 saturated carbocycles. The number of nitrogens with zero attached hydrogens (tertiary/aromatic N) is 3. The fraction of sp³-hybridized carbons (Fsp3) is 0.522. The molecule has 7 heteroatoms. The van der Waals surface area contributed by atoms with Gasteiger partial charge in [-0.2, -0.15) is 0 Å². The zero-order valence-electron chi connectivity index (χ0n) is 18.3. The van der Waals surface area contributed by atoms with Crippen molar-refractivity contribution in [2.45, 2.75) is 58.6 Å². The Labute approximate surface area is 178 Å². The number of carbonyl (C=O) groups is 2. The summed E-state index contributed by atoms with van der Waals surface area (Å²) >= 11 is 0. The van der Waals surface area contributed by atoms with E-state index in [0.717, 1.165) is 24.1 Å². The van der Waals surface area contributed by atoms with E-state index < -0.39 is 5.60 Å². The van der Waals surface area contributed by atoms with Crippen LogP contribution >= 0.6 is 0 Å². The molecule has 2 aromatic rings. The first-order valence-electron chi connectivity index (χ1n) is 10.6. The Morgan fingerprint density at radius 1 is 1.20 bits per heavy atom. The molecule has 0 radical (unpaired) electrons. The van der Waals surface area contributed by atoms with Gasteiger partial charge in [-0.1, -0.05) is 12.1 Å². The summed E-state index contributed by atoms with van der Waals surface area (Å²) in [6, 6.07) is 8.04. The van der Waals surface area contributed by atoms with Gasteiger partial charge in [0, 0.05) is 37.6 Å². The molecule has 0 spiro atoms. The van der Waals surface area contributed by atoms with Gasteiger partial charge in [0.05, 0.1) is 12.4 Å². The van der Waals surface area contributed by atoms with Crippen molar-refractivity contribution in [3.8, 4) is 5.69 Å². The van der Waals surface area contributed by atoms with Crippen LogP contribution in [0.5, 0.6) is 0 Å². The molecule has 1 aromatic carbocycles. The number of imidazole rings is 1. The third kappa shape index (κ3) is 6.08. The van der Waals surface area contributed by atoms with E-state index in [1.54, 1.807) is 17.4 Å². The summed E-state index contributed by atoms with van der Waals surface area (Å²) in [4.78, 5) is 30.5. The molecule has 1 fully saturated rings. The Morgan fingerprint density at radius 3 is 2.43 bits per heavy atom. The number of piperidine rings is 1. The highest BCUT2D eigenvalue weighted by atomic mass is 16.6. The second-order valence-corrected chi connectivity index (χ2v) is 8.97. The van der Waals surface area contributed by atoms with Crippen LogP contribution in [0.25, 0.3) is 5.69 Å². The molecule has 1 saturated heterocycles. The second-order valence-electron chi connectivity index (χ2n) is 8.97. The second kappa shape index (κ2) is 9.32. The molecule has 162 valence electrons. The largest absolute Gasteiger partial charge is 0.444 e. The zero-order valence-corrected chi connectivity index (χ0v) is 18.3. The number of hydrogen-bond donors (Lipinski definition) is 1. The number of ether oxygens (including phenoxy) is 1. The van der Waals surface area contributed by atoms with Gasteiger partial charge < -0.3 is 19.5 Å². The van der Waals surface area contributed by atoms with Crippen molar-refractivity contribution in [2.24, 2.45) is 5.92 Å². The van der Waals surface area contributed by atoms with E-state index in [1.807, 2.05) is 62.7 Å². The van der Waals surface area contributed by atoms with E-state index >= 15 is 0 Å². The lowest BCUT2D eigenvalue weighted by Gasteiger charge is -2.33. The van der Waals surface area contributed by atoms with Gasteiger partial charge in [0.2, 0.25) is 5.91 Å². The van der Waals surface area contributed by atoms with Crippen molar-refractivity contribution < 1.29 is 14.3 Å². The fourth-order valence-electron chi connectivity index (χ4n) is 3.64. The van der Waals surface area contributed by atoms with E-state index in [-0.39, 0.29) is 18.0 Å². The fourth-order valence-corrected chi connectivity index (χ4v) is 3.64. The summed E-state index contributed by atoms with van der Waals surface area (Å²) in [7, 11) is 0. The van der Waals surface area contributed by atoms with Crippen LogP contribution in [-0.2, 0) is 9.53 Å². The summed E-state index contributed by atoms with van der Waals surface area (Å²) in [6.07, 6.45) is 7.26. The molecule has 30 heavy (non-hydrogen) atoms. The Hall–Kier alpha value is -2.83. The molecule has 1 aliphatic heterocycles. The van der Waals surface area contributed by atoms with Crippen molar-refractivity contribution in [1.29, 1.82) is 0 Å². The molecule has 1 unspecified atom stereocenters. The first-order chi connectivity index (χ1) is 14.2. The molecule has 2 heterocycles. The minimum Gasteiger partial charge on any atom is -0.444 e. The number of amides is 2. The summed E-state index contributed by atoms with van der Waals surface area (Å²) in [5.74, 6) is 0.344. The third-order valence-corrected chi connectivity index (χ3v) is 5.31. The quantitative estimate of drug-likeness (QED) is 0.803. The van der Waals surface area contributed by atoms with Gasteiger partial charge in [-0.3, -0.25) is 4.79 Å². The Balaban J connectivity index is 1.44. The number of rotatable bonds is 5. The molecule has 1 aliphatic rings. The minimum absolute atomic E-state index is 0.0527. The SMILES string of the molecule is CC(NC(=O)CC1CCN(C(=O)OC(C)(C)C)CC1)c1ccc(-n2ccnc2)cc1. The van der Waals surface area contributed by atoms with Crippen molar-refractivity contribution in [1.82, 2.24) is 19.8 Å². The molecule has 2 amide bonds. The number of hydrogen-bond acceptors (Lipinski definition) is 4.